The van der Waals surface area contributed by atoms with E-state index in [1.165, 1.54) is 12.1 Å². The third-order valence-electron chi connectivity index (χ3n) is 7.08. The summed E-state index contributed by atoms with van der Waals surface area (Å²) in [5.74, 6) is -0.821. The van der Waals surface area contributed by atoms with Crippen LogP contribution in [-0.4, -0.2) is 18.0 Å². The average Bonchev–Trinajstić information content (AvgIpc) is 3.35. The van der Waals surface area contributed by atoms with Gasteiger partial charge in [-0.05, 0) is 37.8 Å². The molecular weight excluding hydrogens is 323 g/mol. The van der Waals surface area contributed by atoms with Gasteiger partial charge in [-0.25, -0.2) is 4.39 Å². The van der Waals surface area contributed by atoms with Crippen LogP contribution in [0.2, 0.25) is 0 Å². The lowest BCUT2D eigenvalue weighted by atomic mass is 9.62. The van der Waals surface area contributed by atoms with Gasteiger partial charge in [0.1, 0.15) is 16.6 Å². The van der Waals surface area contributed by atoms with Crippen LogP contribution in [0, 0.1) is 16.6 Å². The van der Waals surface area contributed by atoms with E-state index >= 15 is 0 Å². The number of carbonyl (C=O) groups excluding carboxylic acids is 2. The van der Waals surface area contributed by atoms with Crippen molar-refractivity contribution in [1.29, 1.82) is 0 Å². The Morgan fingerprint density at radius 1 is 0.880 bits per heavy atom. The number of ether oxygens (including phenoxy) is 2. The van der Waals surface area contributed by atoms with Gasteiger partial charge in [-0.1, -0.05) is 37.8 Å². The minimum absolute atomic E-state index is 0.238. The van der Waals surface area contributed by atoms with E-state index in [1.54, 1.807) is 12.1 Å². The summed E-state index contributed by atoms with van der Waals surface area (Å²) in [5, 5.41) is 0. The van der Waals surface area contributed by atoms with Crippen LogP contribution < -0.4 is 0 Å². The molecule has 1 aromatic carbocycles. The normalized spacial score (nSPS) is 34.5. The van der Waals surface area contributed by atoms with Gasteiger partial charge in [0.2, 0.25) is 0 Å². The second-order valence-electron chi connectivity index (χ2n) is 8.07. The molecule has 0 bridgehead atoms. The average molecular weight is 344 g/mol. The topological polar surface area (TPSA) is 52.6 Å². The summed E-state index contributed by atoms with van der Waals surface area (Å²) >= 11 is 0. The zero-order valence-electron chi connectivity index (χ0n) is 14.1. The predicted octanol–water partition coefficient (Wildman–Crippen LogP) is 3.62. The number of carbonyl (C=O) groups is 2. The highest BCUT2D eigenvalue weighted by atomic mass is 19.1. The molecular formula is C20H21FO4. The number of rotatable bonds is 1. The van der Waals surface area contributed by atoms with Crippen LogP contribution in [0.4, 0.5) is 4.39 Å². The molecule has 2 atom stereocenters. The highest BCUT2D eigenvalue weighted by molar-refractivity contribution is 5.90. The van der Waals surface area contributed by atoms with Gasteiger partial charge in [-0.3, -0.25) is 9.59 Å². The summed E-state index contributed by atoms with van der Waals surface area (Å²) in [6, 6.07) is 6.07. The molecule has 4 fully saturated rings. The molecule has 5 rings (SSSR count). The second kappa shape index (κ2) is 4.83. The fraction of sp³-hybridized carbons (Fsp3) is 0.600. The maximum absolute atomic E-state index is 13.5. The molecule has 0 N–H and O–H groups in total. The van der Waals surface area contributed by atoms with Crippen molar-refractivity contribution in [2.75, 3.05) is 0 Å². The fourth-order valence-corrected chi connectivity index (χ4v) is 5.92. The molecule has 0 aromatic heterocycles. The molecule has 2 aliphatic heterocycles. The minimum atomic E-state index is -1.10. The van der Waals surface area contributed by atoms with E-state index in [9.17, 15) is 14.0 Å². The van der Waals surface area contributed by atoms with E-state index in [2.05, 4.69) is 0 Å². The Kier molecular flexibility index (Phi) is 2.97. The molecule has 25 heavy (non-hydrogen) atoms. The van der Waals surface area contributed by atoms with Crippen molar-refractivity contribution >= 4 is 11.9 Å². The standard InChI is InChI=1S/C20H21FO4/c21-14-7-5-13(6-8-14)20-15(18(16(22)25-20)9-1-2-10-18)24-17(23)19(20)11-3-4-12-19/h5-8,15H,1-4,9-12H2/t15-,20-/m1/s1. The number of halogens is 1. The van der Waals surface area contributed by atoms with E-state index in [0.29, 0.717) is 31.2 Å². The maximum atomic E-state index is 13.5. The zero-order chi connectivity index (χ0) is 17.3. The summed E-state index contributed by atoms with van der Waals surface area (Å²) in [6.07, 6.45) is 5.82. The molecule has 2 heterocycles. The first-order valence-electron chi connectivity index (χ1n) is 9.26. The van der Waals surface area contributed by atoms with Gasteiger partial charge >= 0.3 is 11.9 Å². The van der Waals surface area contributed by atoms with Crippen molar-refractivity contribution in [3.05, 3.63) is 35.6 Å². The molecule has 2 spiro atoms. The van der Waals surface area contributed by atoms with E-state index in [4.69, 9.17) is 9.47 Å². The summed E-state index contributed by atoms with van der Waals surface area (Å²) in [4.78, 5) is 26.0. The van der Waals surface area contributed by atoms with E-state index in [1.807, 2.05) is 0 Å². The number of fused-ring (bicyclic) bond motifs is 3. The zero-order valence-corrected chi connectivity index (χ0v) is 14.1. The number of esters is 2. The van der Waals surface area contributed by atoms with Crippen LogP contribution in [-0.2, 0) is 24.7 Å². The largest absolute Gasteiger partial charge is 0.456 e. The highest BCUT2D eigenvalue weighted by Gasteiger charge is 2.81. The first kappa shape index (κ1) is 15.4. The molecule has 1 aromatic rings. The number of benzene rings is 1. The van der Waals surface area contributed by atoms with Gasteiger partial charge in [0.05, 0.1) is 0 Å². The molecule has 4 nitrogen and oxygen atoms in total. The Balaban J connectivity index is 1.75. The van der Waals surface area contributed by atoms with Crippen molar-refractivity contribution in [2.24, 2.45) is 10.8 Å². The van der Waals surface area contributed by atoms with Crippen molar-refractivity contribution in [3.63, 3.8) is 0 Å². The smallest absolute Gasteiger partial charge is 0.317 e. The van der Waals surface area contributed by atoms with E-state index in [-0.39, 0.29) is 17.8 Å². The molecule has 4 aliphatic rings. The molecule has 2 aliphatic carbocycles. The molecule has 0 radical (unpaired) electrons. The SMILES string of the molecule is O=C1O[C@]2(c3ccc(F)cc3)[C@H](OC(=O)C23CCCC3)C12CCCC2. The maximum Gasteiger partial charge on any atom is 0.317 e. The predicted molar refractivity (Wildman–Crippen MR) is 85.9 cm³/mol. The summed E-state index contributed by atoms with van der Waals surface area (Å²) in [7, 11) is 0. The van der Waals surface area contributed by atoms with Gasteiger partial charge in [-0.15, -0.1) is 0 Å². The molecule has 2 saturated heterocycles. The first-order chi connectivity index (χ1) is 12.1. The van der Waals surface area contributed by atoms with Crippen molar-refractivity contribution in [1.82, 2.24) is 0 Å². The molecule has 0 unspecified atom stereocenters. The lowest BCUT2D eigenvalue weighted by molar-refractivity contribution is -0.169. The van der Waals surface area contributed by atoms with Gasteiger partial charge in [-0.2, -0.15) is 0 Å². The van der Waals surface area contributed by atoms with E-state index in [0.717, 1.165) is 25.7 Å². The molecule has 2 saturated carbocycles. The van der Waals surface area contributed by atoms with Crippen LogP contribution in [0.15, 0.2) is 24.3 Å². The summed E-state index contributed by atoms with van der Waals surface area (Å²) in [6.45, 7) is 0. The van der Waals surface area contributed by atoms with Gasteiger partial charge in [0.15, 0.2) is 11.7 Å². The second-order valence-corrected chi connectivity index (χ2v) is 8.07. The quantitative estimate of drug-likeness (QED) is 0.730. The Bertz CT molecular complexity index is 741. The van der Waals surface area contributed by atoms with Crippen LogP contribution in [0.5, 0.6) is 0 Å². The van der Waals surface area contributed by atoms with Crippen molar-refractivity contribution < 1.29 is 23.5 Å². The third-order valence-corrected chi connectivity index (χ3v) is 7.08. The van der Waals surface area contributed by atoms with Crippen LogP contribution >= 0.6 is 0 Å². The minimum Gasteiger partial charge on any atom is -0.456 e. The summed E-state index contributed by atoms with van der Waals surface area (Å²) in [5.41, 5.74) is -1.95. The van der Waals surface area contributed by atoms with Crippen molar-refractivity contribution in [3.8, 4) is 0 Å². The van der Waals surface area contributed by atoms with E-state index < -0.39 is 22.5 Å². The number of hydrogen-bond acceptors (Lipinski definition) is 4. The fourth-order valence-electron chi connectivity index (χ4n) is 5.92. The third kappa shape index (κ3) is 1.62. The lowest BCUT2D eigenvalue weighted by Crippen LogP contribution is -2.49. The Labute approximate surface area is 145 Å². The van der Waals surface area contributed by atoms with Crippen LogP contribution in [0.3, 0.4) is 0 Å². The lowest BCUT2D eigenvalue weighted by Gasteiger charge is -2.38. The van der Waals surface area contributed by atoms with Gasteiger partial charge in [0.25, 0.3) is 0 Å². The van der Waals surface area contributed by atoms with Crippen LogP contribution in [0.25, 0.3) is 0 Å². The highest BCUT2D eigenvalue weighted by Crippen LogP contribution is 2.69. The van der Waals surface area contributed by atoms with Gasteiger partial charge < -0.3 is 9.47 Å². The van der Waals surface area contributed by atoms with Crippen molar-refractivity contribution in [2.45, 2.75) is 63.1 Å². The molecule has 132 valence electrons. The Hall–Kier alpha value is -1.91. The molecule has 0 amide bonds. The Morgan fingerprint density at radius 2 is 1.48 bits per heavy atom. The monoisotopic (exact) mass is 344 g/mol. The van der Waals surface area contributed by atoms with Gasteiger partial charge in [0, 0.05) is 5.56 Å². The first-order valence-corrected chi connectivity index (χ1v) is 9.26. The summed E-state index contributed by atoms with van der Waals surface area (Å²) < 4.78 is 25.6. The molecule has 5 heteroatoms. The Morgan fingerprint density at radius 3 is 2.12 bits per heavy atom. The van der Waals surface area contributed by atoms with Crippen LogP contribution in [0.1, 0.15) is 56.9 Å². The number of hydrogen-bond donors (Lipinski definition) is 0.